The van der Waals surface area contributed by atoms with Crippen molar-refractivity contribution in [2.24, 2.45) is 0 Å². The zero-order chi connectivity index (χ0) is 29.9. The van der Waals surface area contributed by atoms with E-state index in [0.717, 1.165) is 42.0 Å². The number of fused-ring (bicyclic) bond motifs is 2. The van der Waals surface area contributed by atoms with Crippen molar-refractivity contribution in [1.82, 2.24) is 9.88 Å². The van der Waals surface area contributed by atoms with E-state index >= 15 is 0 Å². The number of benzene rings is 3. The molecule has 0 atom stereocenters. The number of carboxylic acid groups (broad SMARTS) is 1. The summed E-state index contributed by atoms with van der Waals surface area (Å²) in [5.74, 6) is -1.29. The highest BCUT2D eigenvalue weighted by Crippen LogP contribution is 2.43. The Bertz CT molecular complexity index is 1820. The topological polar surface area (TPSA) is 96.8 Å². The van der Waals surface area contributed by atoms with Crippen molar-refractivity contribution in [3.8, 4) is 16.9 Å². The quantitative estimate of drug-likeness (QED) is 0.279. The van der Waals surface area contributed by atoms with Crippen molar-refractivity contribution >= 4 is 28.4 Å². The van der Waals surface area contributed by atoms with E-state index in [9.17, 15) is 23.9 Å². The third kappa shape index (κ3) is 4.84. The van der Waals surface area contributed by atoms with Crippen LogP contribution in [0, 0.1) is 5.82 Å². The van der Waals surface area contributed by atoms with Gasteiger partial charge in [0, 0.05) is 49.0 Å². The van der Waals surface area contributed by atoms with Gasteiger partial charge in [0.1, 0.15) is 17.2 Å². The molecule has 8 heteroatoms. The number of hydrogen-bond acceptors (Lipinski definition) is 5. The fourth-order valence-corrected chi connectivity index (χ4v) is 6.60. The summed E-state index contributed by atoms with van der Waals surface area (Å²) in [5.41, 5.74) is 3.35. The zero-order valence-corrected chi connectivity index (χ0v) is 23.9. The number of aryl methyl sites for hydroxylation is 1. The van der Waals surface area contributed by atoms with E-state index in [2.05, 4.69) is 11.9 Å². The van der Waals surface area contributed by atoms with Crippen LogP contribution in [0.15, 0.2) is 60.8 Å². The zero-order valence-electron chi connectivity index (χ0n) is 23.9. The number of Topliss-reactive ketones (excluding diaryl/α,β-unsaturated/α-hetero) is 1. The first-order chi connectivity index (χ1) is 20.7. The Morgan fingerprint density at radius 2 is 1.77 bits per heavy atom. The maximum Gasteiger partial charge on any atom is 0.338 e. The van der Waals surface area contributed by atoms with Gasteiger partial charge in [0.15, 0.2) is 5.78 Å². The van der Waals surface area contributed by atoms with Crippen LogP contribution in [-0.4, -0.2) is 51.3 Å². The summed E-state index contributed by atoms with van der Waals surface area (Å²) in [7, 11) is 0. The number of likely N-dealkylation sites (tertiary alicyclic amines) is 1. The molecule has 7 rings (SSSR count). The maximum atomic E-state index is 13.9. The van der Waals surface area contributed by atoms with Gasteiger partial charge in [-0.15, -0.1) is 0 Å². The standard InChI is InChI=1S/C35H31FN2O5/c1-2-20-15-24(18-26-25(20)9-12-37-32(26)21-3-4-21)33(40)38-13-10-35(11-14-38)19-30(39)28-17-23(6-8-31(28)43-35)22-5-7-29(36)27(16-22)34(41)42/h5-9,12,15-18,21H,2-4,10-11,13-14,19H2,1H3,(H,41,42). The Balaban J connectivity index is 1.10. The number of nitrogens with zero attached hydrogens (tertiary/aromatic N) is 2. The van der Waals surface area contributed by atoms with Gasteiger partial charge in [-0.3, -0.25) is 14.6 Å². The number of pyridine rings is 1. The van der Waals surface area contributed by atoms with Gasteiger partial charge < -0.3 is 14.7 Å². The molecule has 0 bridgehead atoms. The van der Waals surface area contributed by atoms with E-state index in [-0.39, 0.29) is 18.1 Å². The molecule has 1 N–H and O–H groups in total. The Labute approximate surface area is 248 Å². The molecule has 7 nitrogen and oxygen atoms in total. The van der Waals surface area contributed by atoms with Gasteiger partial charge in [-0.25, -0.2) is 9.18 Å². The molecule has 3 aliphatic rings. The molecular weight excluding hydrogens is 547 g/mol. The minimum Gasteiger partial charge on any atom is -0.486 e. The van der Waals surface area contributed by atoms with E-state index in [1.165, 1.54) is 17.5 Å². The van der Waals surface area contributed by atoms with Crippen molar-refractivity contribution in [1.29, 1.82) is 0 Å². The SMILES string of the molecule is CCc1cc(C(=O)N2CCC3(CC2)CC(=O)c2cc(-c4ccc(F)c(C(=O)O)c4)ccc2O3)cc2c(C3CC3)nccc12. The molecule has 1 aliphatic carbocycles. The number of aromatic nitrogens is 1. The second-order valence-electron chi connectivity index (χ2n) is 11.9. The van der Waals surface area contributed by atoms with E-state index in [1.807, 2.05) is 29.3 Å². The van der Waals surface area contributed by atoms with Crippen LogP contribution in [0.3, 0.4) is 0 Å². The maximum absolute atomic E-state index is 13.9. The molecule has 1 saturated heterocycles. The Morgan fingerprint density at radius 1 is 1.02 bits per heavy atom. The van der Waals surface area contributed by atoms with Crippen molar-refractivity contribution in [3.63, 3.8) is 0 Å². The number of hydrogen-bond donors (Lipinski definition) is 1. The fourth-order valence-electron chi connectivity index (χ4n) is 6.60. The summed E-state index contributed by atoms with van der Waals surface area (Å²) >= 11 is 0. The Hall–Kier alpha value is -4.59. The van der Waals surface area contributed by atoms with Crippen molar-refractivity contribution in [2.45, 2.75) is 57.0 Å². The van der Waals surface area contributed by atoms with Gasteiger partial charge in [-0.05, 0) is 83.8 Å². The average Bonchev–Trinajstić information content (AvgIpc) is 3.86. The van der Waals surface area contributed by atoms with Crippen molar-refractivity contribution in [2.75, 3.05) is 13.1 Å². The number of piperidine rings is 1. The molecule has 4 aromatic rings. The van der Waals surface area contributed by atoms with Crippen LogP contribution in [0.25, 0.3) is 21.9 Å². The van der Waals surface area contributed by atoms with E-state index in [4.69, 9.17) is 4.74 Å². The third-order valence-electron chi connectivity index (χ3n) is 9.17. The van der Waals surface area contributed by atoms with Crippen LogP contribution in [0.1, 0.15) is 87.3 Å². The van der Waals surface area contributed by atoms with Crippen LogP contribution in [0.5, 0.6) is 5.75 Å². The number of carbonyl (C=O) groups excluding carboxylic acids is 2. The first-order valence-electron chi connectivity index (χ1n) is 14.9. The molecule has 3 aromatic carbocycles. The van der Waals surface area contributed by atoms with E-state index in [0.29, 0.717) is 59.9 Å². The number of carboxylic acids is 1. The molecule has 1 amide bonds. The Kier molecular flexibility index (Phi) is 6.52. The number of amides is 1. The van der Waals surface area contributed by atoms with Crippen molar-refractivity contribution < 1.29 is 28.6 Å². The molecule has 1 saturated carbocycles. The lowest BCUT2D eigenvalue weighted by atomic mass is 9.81. The third-order valence-corrected chi connectivity index (χ3v) is 9.17. The van der Waals surface area contributed by atoms with Gasteiger partial charge in [0.05, 0.1) is 23.2 Å². The second kappa shape index (κ2) is 10.3. The molecule has 3 heterocycles. The van der Waals surface area contributed by atoms with E-state index < -0.39 is 23.0 Å². The van der Waals surface area contributed by atoms with Gasteiger partial charge in [0.25, 0.3) is 5.91 Å². The lowest BCUT2D eigenvalue weighted by Crippen LogP contribution is -2.52. The summed E-state index contributed by atoms with van der Waals surface area (Å²) in [6.07, 6.45) is 6.25. The van der Waals surface area contributed by atoms with Crippen LogP contribution in [0.2, 0.25) is 0 Å². The monoisotopic (exact) mass is 578 g/mol. The lowest BCUT2D eigenvalue weighted by Gasteiger charge is -2.44. The van der Waals surface area contributed by atoms with E-state index in [1.54, 1.807) is 18.2 Å². The molecule has 1 aromatic heterocycles. The number of halogens is 1. The number of ketones is 1. The highest BCUT2D eigenvalue weighted by atomic mass is 19.1. The summed E-state index contributed by atoms with van der Waals surface area (Å²) in [6.45, 7) is 3.07. The van der Waals surface area contributed by atoms with Gasteiger partial charge >= 0.3 is 5.97 Å². The first-order valence-corrected chi connectivity index (χ1v) is 14.9. The molecule has 2 fully saturated rings. The second-order valence-corrected chi connectivity index (χ2v) is 11.9. The summed E-state index contributed by atoms with van der Waals surface area (Å²) in [6, 6.07) is 15.1. The predicted molar refractivity (Wildman–Crippen MR) is 159 cm³/mol. The normalized spacial score (nSPS) is 17.5. The highest BCUT2D eigenvalue weighted by Gasteiger charge is 2.44. The van der Waals surface area contributed by atoms with Crippen LogP contribution < -0.4 is 4.74 Å². The Morgan fingerprint density at radius 3 is 2.49 bits per heavy atom. The number of rotatable bonds is 5. The number of carbonyl (C=O) groups is 3. The minimum atomic E-state index is -1.35. The van der Waals surface area contributed by atoms with Gasteiger partial charge in [0.2, 0.25) is 0 Å². The minimum absolute atomic E-state index is 0.00995. The number of aromatic carboxylic acids is 1. The molecule has 0 radical (unpaired) electrons. The van der Waals surface area contributed by atoms with Gasteiger partial charge in [-0.2, -0.15) is 0 Å². The first kappa shape index (κ1) is 27.3. The summed E-state index contributed by atoms with van der Waals surface area (Å²) < 4.78 is 20.4. The van der Waals surface area contributed by atoms with Crippen molar-refractivity contribution in [3.05, 3.63) is 94.6 Å². The van der Waals surface area contributed by atoms with Gasteiger partial charge in [-0.1, -0.05) is 19.1 Å². The molecule has 0 unspecified atom stereocenters. The molecular formula is C35H31FN2O5. The molecule has 2 aliphatic heterocycles. The van der Waals surface area contributed by atoms with Crippen LogP contribution >= 0.6 is 0 Å². The molecule has 43 heavy (non-hydrogen) atoms. The smallest absolute Gasteiger partial charge is 0.338 e. The lowest BCUT2D eigenvalue weighted by molar-refractivity contribution is -0.00571. The molecule has 1 spiro atoms. The summed E-state index contributed by atoms with van der Waals surface area (Å²) in [5, 5.41) is 11.5. The largest absolute Gasteiger partial charge is 0.486 e. The number of ether oxygens (including phenoxy) is 1. The van der Waals surface area contributed by atoms with Crippen LogP contribution in [-0.2, 0) is 6.42 Å². The summed E-state index contributed by atoms with van der Waals surface area (Å²) in [4.78, 5) is 45.0. The fraction of sp³-hybridized carbons (Fsp3) is 0.314. The van der Waals surface area contributed by atoms with Crippen LogP contribution in [0.4, 0.5) is 4.39 Å². The highest BCUT2D eigenvalue weighted by molar-refractivity contribution is 6.02. The molecule has 218 valence electrons. The average molecular weight is 579 g/mol. The predicted octanol–water partition coefficient (Wildman–Crippen LogP) is 6.82.